The first-order valence-corrected chi connectivity index (χ1v) is 13.3. The highest BCUT2D eigenvalue weighted by atomic mass is 32.2. The molecule has 0 spiro atoms. The maximum Gasteiger partial charge on any atom is 0.339 e. The lowest BCUT2D eigenvalue weighted by atomic mass is 10.1. The number of anilines is 2. The summed E-state index contributed by atoms with van der Waals surface area (Å²) in [6.07, 6.45) is 0. The van der Waals surface area contributed by atoms with Crippen LogP contribution in [-0.2, 0) is 14.9 Å². The summed E-state index contributed by atoms with van der Waals surface area (Å²) in [7, 11) is -4.08. The van der Waals surface area contributed by atoms with E-state index in [0.29, 0.717) is 43.0 Å². The van der Waals surface area contributed by atoms with Gasteiger partial charge >= 0.3 is 16.1 Å². The van der Waals surface area contributed by atoms with Crippen molar-refractivity contribution in [2.45, 2.75) is 24.3 Å². The van der Waals surface area contributed by atoms with Gasteiger partial charge in [-0.05, 0) is 50.2 Å². The molecule has 5 N–H and O–H groups in total. The van der Waals surface area contributed by atoms with Gasteiger partial charge in [0.1, 0.15) is 10.6 Å². The quantitative estimate of drug-likeness (QED) is 0.246. The van der Waals surface area contributed by atoms with Gasteiger partial charge in [-0.3, -0.25) is 10.2 Å². The van der Waals surface area contributed by atoms with E-state index in [4.69, 9.17) is 8.92 Å². The summed E-state index contributed by atoms with van der Waals surface area (Å²) in [5, 5.41) is 18.3. The number of aromatic nitrogens is 2. The molecule has 37 heavy (non-hydrogen) atoms. The first-order valence-electron chi connectivity index (χ1n) is 11.9. The molecule has 13 heteroatoms. The number of ether oxygens (including phenoxy) is 1. The predicted octanol–water partition coefficient (Wildman–Crippen LogP) is 1.97. The fraction of sp³-hybridized carbons (Fsp3) is 0.417. The van der Waals surface area contributed by atoms with Crippen LogP contribution in [0.5, 0.6) is 5.75 Å². The number of fused-ring (bicyclic) bond motifs is 1. The number of carbonyl (C=O) groups is 1. The number of aliphatic hydroxyl groups is 1. The van der Waals surface area contributed by atoms with Gasteiger partial charge in [-0.1, -0.05) is 0 Å². The van der Waals surface area contributed by atoms with Gasteiger partial charge in [0.15, 0.2) is 0 Å². The van der Waals surface area contributed by atoms with Crippen LogP contribution in [0.2, 0.25) is 0 Å². The SMILES string of the molecule is CC(C)(O)CNc1ccc(S(=O)(=O)Oc2ccc3nc(NC(=O)NCCN4CCOCC4)[nH]c3c2)cc1. The molecule has 200 valence electrons. The van der Waals surface area contributed by atoms with E-state index >= 15 is 0 Å². The fourth-order valence-electron chi connectivity index (χ4n) is 3.64. The Labute approximate surface area is 215 Å². The van der Waals surface area contributed by atoms with Gasteiger partial charge in [0, 0.05) is 44.5 Å². The summed E-state index contributed by atoms with van der Waals surface area (Å²) in [5.41, 5.74) is 0.810. The van der Waals surface area contributed by atoms with Crippen LogP contribution in [-0.4, -0.2) is 86.0 Å². The topological polar surface area (TPSA) is 158 Å². The molecule has 1 aliphatic rings. The third-order valence-electron chi connectivity index (χ3n) is 5.58. The standard InChI is InChI=1S/C24H32N6O6S/c1-24(2,32)16-26-17-3-6-19(7-4-17)37(33,34)36-18-5-8-20-21(15-18)28-22(27-20)29-23(31)25-9-10-30-11-13-35-14-12-30/h3-8,15,26,32H,9-14,16H2,1-2H3,(H3,25,27,28,29,31). The van der Waals surface area contributed by atoms with Gasteiger partial charge < -0.3 is 29.6 Å². The van der Waals surface area contributed by atoms with Crippen LogP contribution in [0.3, 0.4) is 0 Å². The Morgan fingerprint density at radius 1 is 1.19 bits per heavy atom. The van der Waals surface area contributed by atoms with Crippen molar-refractivity contribution < 1.29 is 27.2 Å². The number of morpholine rings is 1. The number of urea groups is 1. The Hall–Kier alpha value is -3.39. The van der Waals surface area contributed by atoms with Gasteiger partial charge in [-0.2, -0.15) is 8.42 Å². The molecule has 2 amide bonds. The first-order chi connectivity index (χ1) is 17.6. The zero-order valence-corrected chi connectivity index (χ0v) is 21.6. The van der Waals surface area contributed by atoms with E-state index in [1.54, 1.807) is 32.0 Å². The van der Waals surface area contributed by atoms with Gasteiger partial charge in [-0.25, -0.2) is 9.78 Å². The monoisotopic (exact) mass is 532 g/mol. The molecule has 0 radical (unpaired) electrons. The third kappa shape index (κ3) is 7.79. The zero-order chi connectivity index (χ0) is 26.5. The number of nitrogens with zero attached hydrogens (tertiary/aromatic N) is 2. The molecule has 1 fully saturated rings. The van der Waals surface area contributed by atoms with Crippen molar-refractivity contribution in [2.75, 3.05) is 56.6 Å². The minimum atomic E-state index is -4.08. The Balaban J connectivity index is 1.33. The Kier molecular flexibility index (Phi) is 8.17. The van der Waals surface area contributed by atoms with E-state index in [2.05, 4.69) is 30.8 Å². The molecule has 2 heterocycles. The molecule has 0 atom stereocenters. The molecular formula is C24H32N6O6S. The van der Waals surface area contributed by atoms with E-state index in [1.807, 2.05) is 0 Å². The summed E-state index contributed by atoms with van der Waals surface area (Å²) in [6, 6.07) is 10.3. The maximum absolute atomic E-state index is 12.7. The second-order valence-corrected chi connectivity index (χ2v) is 10.9. The lowest BCUT2D eigenvalue weighted by Gasteiger charge is -2.26. The number of carbonyl (C=O) groups excluding carboxylic acids is 1. The van der Waals surface area contributed by atoms with Crippen LogP contribution in [0.1, 0.15) is 13.8 Å². The number of hydrogen-bond acceptors (Lipinski definition) is 9. The van der Waals surface area contributed by atoms with Crippen molar-refractivity contribution in [3.05, 3.63) is 42.5 Å². The smallest absolute Gasteiger partial charge is 0.339 e. The number of imidazole rings is 1. The van der Waals surface area contributed by atoms with Crippen LogP contribution in [0.15, 0.2) is 47.4 Å². The number of rotatable bonds is 10. The number of nitrogens with one attached hydrogen (secondary N) is 4. The fourth-order valence-corrected chi connectivity index (χ4v) is 4.56. The molecule has 2 aromatic carbocycles. The van der Waals surface area contributed by atoms with Gasteiger partial charge in [0.2, 0.25) is 5.95 Å². The van der Waals surface area contributed by atoms with Crippen LogP contribution >= 0.6 is 0 Å². The van der Waals surface area contributed by atoms with Gasteiger partial charge in [0.05, 0.1) is 29.8 Å². The van der Waals surface area contributed by atoms with Crippen molar-refractivity contribution in [1.82, 2.24) is 20.2 Å². The lowest BCUT2D eigenvalue weighted by Crippen LogP contribution is -2.42. The van der Waals surface area contributed by atoms with Crippen LogP contribution < -0.4 is 20.1 Å². The number of benzene rings is 2. The van der Waals surface area contributed by atoms with Crippen LogP contribution in [0.25, 0.3) is 11.0 Å². The molecular weight excluding hydrogens is 500 g/mol. The lowest BCUT2D eigenvalue weighted by molar-refractivity contribution is 0.0388. The molecule has 1 aliphatic heterocycles. The van der Waals surface area contributed by atoms with Crippen molar-refractivity contribution >= 4 is 38.8 Å². The molecule has 0 saturated carbocycles. The normalized spacial score (nSPS) is 14.9. The van der Waals surface area contributed by atoms with Crippen molar-refractivity contribution in [3.8, 4) is 5.75 Å². The summed E-state index contributed by atoms with van der Waals surface area (Å²) < 4.78 is 36.1. The number of aromatic amines is 1. The number of H-pyrrole nitrogens is 1. The Morgan fingerprint density at radius 3 is 2.62 bits per heavy atom. The third-order valence-corrected chi connectivity index (χ3v) is 6.84. The van der Waals surface area contributed by atoms with E-state index in [-0.39, 0.29) is 16.6 Å². The molecule has 0 aliphatic carbocycles. The largest absolute Gasteiger partial charge is 0.389 e. The Morgan fingerprint density at radius 2 is 1.92 bits per heavy atom. The first kappa shape index (κ1) is 26.7. The summed E-state index contributed by atoms with van der Waals surface area (Å²) >= 11 is 0. The highest BCUT2D eigenvalue weighted by molar-refractivity contribution is 7.87. The van der Waals surface area contributed by atoms with Crippen molar-refractivity contribution in [1.29, 1.82) is 0 Å². The number of amides is 2. The van der Waals surface area contributed by atoms with Crippen LogP contribution in [0.4, 0.5) is 16.4 Å². The summed E-state index contributed by atoms with van der Waals surface area (Å²) in [5.74, 6) is 0.329. The second kappa shape index (κ2) is 11.3. The minimum absolute atomic E-state index is 0.0119. The highest BCUT2D eigenvalue weighted by Gasteiger charge is 2.18. The highest BCUT2D eigenvalue weighted by Crippen LogP contribution is 2.24. The van der Waals surface area contributed by atoms with Gasteiger partial charge in [0.25, 0.3) is 0 Å². The minimum Gasteiger partial charge on any atom is -0.389 e. The average molecular weight is 533 g/mol. The van der Waals surface area contributed by atoms with Crippen molar-refractivity contribution in [3.63, 3.8) is 0 Å². The van der Waals surface area contributed by atoms with E-state index in [9.17, 15) is 18.3 Å². The Bertz CT molecular complexity index is 1310. The maximum atomic E-state index is 12.7. The van der Waals surface area contributed by atoms with E-state index in [0.717, 1.165) is 19.6 Å². The van der Waals surface area contributed by atoms with E-state index < -0.39 is 21.8 Å². The van der Waals surface area contributed by atoms with Gasteiger partial charge in [-0.15, -0.1) is 0 Å². The number of hydrogen-bond donors (Lipinski definition) is 5. The van der Waals surface area contributed by atoms with Crippen molar-refractivity contribution in [2.24, 2.45) is 0 Å². The molecule has 3 aromatic rings. The molecule has 4 rings (SSSR count). The van der Waals surface area contributed by atoms with Crippen LogP contribution in [0, 0.1) is 0 Å². The molecule has 12 nitrogen and oxygen atoms in total. The molecule has 0 bridgehead atoms. The molecule has 0 unspecified atom stereocenters. The zero-order valence-electron chi connectivity index (χ0n) is 20.8. The second-order valence-electron chi connectivity index (χ2n) is 9.33. The summed E-state index contributed by atoms with van der Waals surface area (Å²) in [6.45, 7) is 7.96. The van der Waals surface area contributed by atoms with E-state index in [1.165, 1.54) is 24.3 Å². The molecule has 1 aromatic heterocycles. The average Bonchev–Trinajstić information content (AvgIpc) is 3.24. The molecule has 1 saturated heterocycles. The predicted molar refractivity (Wildman–Crippen MR) is 139 cm³/mol. The summed E-state index contributed by atoms with van der Waals surface area (Å²) in [4.78, 5) is 21.7.